The third-order valence-corrected chi connectivity index (χ3v) is 2.40. The van der Waals surface area contributed by atoms with Gasteiger partial charge in [-0.05, 0) is 6.26 Å². The van der Waals surface area contributed by atoms with E-state index in [9.17, 15) is 0 Å². The fraction of sp³-hybridized carbons (Fsp3) is 0.400. The van der Waals surface area contributed by atoms with Gasteiger partial charge < -0.3 is 4.90 Å². The first-order chi connectivity index (χ1) is 8.12. The van der Waals surface area contributed by atoms with E-state index in [0.717, 1.165) is 0 Å². The van der Waals surface area contributed by atoms with Crippen LogP contribution in [0.3, 0.4) is 0 Å². The highest BCUT2D eigenvalue weighted by Gasteiger charge is 2.12. The Labute approximate surface area is 105 Å². The maximum absolute atomic E-state index is 9.01. The Balaban J connectivity index is 3.18. The highest BCUT2D eigenvalue weighted by Crippen LogP contribution is 2.17. The molecule has 0 saturated carbocycles. The summed E-state index contributed by atoms with van der Waals surface area (Å²) in [6, 6.07) is 0. The van der Waals surface area contributed by atoms with Gasteiger partial charge in [0.25, 0.3) is 0 Å². The Hall–Kier alpha value is -1.81. The number of anilines is 2. The van der Waals surface area contributed by atoms with Gasteiger partial charge in [-0.3, -0.25) is 0 Å². The summed E-state index contributed by atoms with van der Waals surface area (Å²) < 4.78 is 0. The number of thioether (sulfide) groups is 1. The fourth-order valence-corrected chi connectivity index (χ4v) is 1.39. The van der Waals surface area contributed by atoms with Gasteiger partial charge >= 0.3 is 0 Å². The standard InChI is InChI=1S/C10H14N6S/c1-5-6-16(7-11)9-12-8(15(2)3)13-10(14-9)17-4/h5H,1,6H2,2-4H3. The first-order valence-electron chi connectivity index (χ1n) is 4.88. The van der Waals surface area contributed by atoms with Gasteiger partial charge in [0, 0.05) is 14.1 Å². The summed E-state index contributed by atoms with van der Waals surface area (Å²) in [7, 11) is 3.68. The fourth-order valence-electron chi connectivity index (χ4n) is 1.04. The normalized spacial score (nSPS) is 9.53. The van der Waals surface area contributed by atoms with Crippen LogP contribution >= 0.6 is 11.8 Å². The predicted molar refractivity (Wildman–Crippen MR) is 69.1 cm³/mol. The Kier molecular flexibility index (Phi) is 4.72. The molecular formula is C10H14N6S. The van der Waals surface area contributed by atoms with E-state index in [0.29, 0.717) is 23.6 Å². The van der Waals surface area contributed by atoms with E-state index in [1.54, 1.807) is 11.0 Å². The molecule has 17 heavy (non-hydrogen) atoms. The van der Waals surface area contributed by atoms with Gasteiger partial charge in [-0.1, -0.05) is 17.8 Å². The van der Waals surface area contributed by atoms with Crippen molar-refractivity contribution in [2.45, 2.75) is 5.16 Å². The van der Waals surface area contributed by atoms with Crippen LogP contribution in [0.1, 0.15) is 0 Å². The summed E-state index contributed by atoms with van der Waals surface area (Å²) in [5, 5.41) is 9.60. The quantitative estimate of drug-likeness (QED) is 0.336. The molecule has 0 aliphatic rings. The zero-order valence-electron chi connectivity index (χ0n) is 10.1. The summed E-state index contributed by atoms with van der Waals surface area (Å²) in [6.07, 6.45) is 5.52. The molecule has 0 aliphatic heterocycles. The molecule has 1 rings (SSSR count). The molecule has 1 heterocycles. The molecule has 0 aromatic carbocycles. The van der Waals surface area contributed by atoms with E-state index in [1.807, 2.05) is 26.5 Å². The lowest BCUT2D eigenvalue weighted by atomic mass is 10.5. The van der Waals surface area contributed by atoms with Crippen molar-refractivity contribution in [2.75, 3.05) is 36.7 Å². The van der Waals surface area contributed by atoms with Gasteiger partial charge in [0.15, 0.2) is 11.3 Å². The second-order valence-corrected chi connectivity index (χ2v) is 4.09. The van der Waals surface area contributed by atoms with E-state index < -0.39 is 0 Å². The number of hydrogen-bond donors (Lipinski definition) is 0. The van der Waals surface area contributed by atoms with Crippen LogP contribution in [0.2, 0.25) is 0 Å². The van der Waals surface area contributed by atoms with Crippen LogP contribution in [0, 0.1) is 11.5 Å². The molecule has 1 aromatic rings. The average Bonchev–Trinajstić information content (AvgIpc) is 2.35. The summed E-state index contributed by atoms with van der Waals surface area (Å²) >= 11 is 1.41. The third-order valence-electron chi connectivity index (χ3n) is 1.85. The maximum Gasteiger partial charge on any atom is 0.244 e. The third kappa shape index (κ3) is 3.32. The molecule has 7 heteroatoms. The predicted octanol–water partition coefficient (Wildman–Crippen LogP) is 1.13. The largest absolute Gasteiger partial charge is 0.347 e. The molecule has 0 fully saturated rings. The average molecular weight is 250 g/mol. The van der Waals surface area contributed by atoms with E-state index in [-0.39, 0.29) is 0 Å². The second kappa shape index (κ2) is 6.06. The number of nitrogens with zero attached hydrogens (tertiary/aromatic N) is 6. The monoisotopic (exact) mass is 250 g/mol. The summed E-state index contributed by atoms with van der Waals surface area (Å²) in [4.78, 5) is 15.8. The van der Waals surface area contributed by atoms with Gasteiger partial charge in [0.1, 0.15) is 0 Å². The van der Waals surface area contributed by atoms with Crippen LogP contribution in [-0.4, -0.2) is 41.8 Å². The van der Waals surface area contributed by atoms with Crippen molar-refractivity contribution in [1.29, 1.82) is 5.26 Å². The Morgan fingerprint density at radius 2 is 2.00 bits per heavy atom. The lowest BCUT2D eigenvalue weighted by Crippen LogP contribution is -2.22. The van der Waals surface area contributed by atoms with Crippen LogP contribution in [0.4, 0.5) is 11.9 Å². The van der Waals surface area contributed by atoms with Crippen LogP contribution in [0.15, 0.2) is 17.8 Å². The molecule has 6 nitrogen and oxygen atoms in total. The lowest BCUT2D eigenvalue weighted by Gasteiger charge is -2.15. The number of nitriles is 1. The zero-order chi connectivity index (χ0) is 12.8. The van der Waals surface area contributed by atoms with Crippen molar-refractivity contribution in [3.05, 3.63) is 12.7 Å². The summed E-state index contributed by atoms with van der Waals surface area (Å²) in [6.45, 7) is 3.97. The first-order valence-corrected chi connectivity index (χ1v) is 6.10. The van der Waals surface area contributed by atoms with Gasteiger partial charge in [0.05, 0.1) is 6.54 Å². The van der Waals surface area contributed by atoms with Gasteiger partial charge in [-0.15, -0.1) is 6.58 Å². The van der Waals surface area contributed by atoms with E-state index >= 15 is 0 Å². The molecule has 0 radical (unpaired) electrons. The molecule has 90 valence electrons. The van der Waals surface area contributed by atoms with Crippen molar-refractivity contribution < 1.29 is 0 Å². The van der Waals surface area contributed by atoms with Crippen molar-refractivity contribution in [3.8, 4) is 6.19 Å². The first kappa shape index (κ1) is 13.3. The Morgan fingerprint density at radius 1 is 1.35 bits per heavy atom. The van der Waals surface area contributed by atoms with Crippen LogP contribution < -0.4 is 9.80 Å². The number of rotatable bonds is 5. The molecule has 0 N–H and O–H groups in total. The molecule has 0 spiro atoms. The molecule has 0 saturated heterocycles. The van der Waals surface area contributed by atoms with Crippen LogP contribution in [-0.2, 0) is 0 Å². The zero-order valence-corrected chi connectivity index (χ0v) is 10.9. The summed E-state index contributed by atoms with van der Waals surface area (Å²) in [5.74, 6) is 0.874. The lowest BCUT2D eigenvalue weighted by molar-refractivity contribution is 0.842. The van der Waals surface area contributed by atoms with Crippen molar-refractivity contribution in [3.63, 3.8) is 0 Å². The molecule has 0 amide bonds. The van der Waals surface area contributed by atoms with Crippen LogP contribution in [0.5, 0.6) is 0 Å². The van der Waals surface area contributed by atoms with Gasteiger partial charge in [0.2, 0.25) is 11.9 Å². The highest BCUT2D eigenvalue weighted by molar-refractivity contribution is 7.98. The smallest absolute Gasteiger partial charge is 0.244 e. The molecular weight excluding hydrogens is 236 g/mol. The van der Waals surface area contributed by atoms with Gasteiger partial charge in [-0.2, -0.15) is 20.2 Å². The minimum Gasteiger partial charge on any atom is -0.347 e. The minimum absolute atomic E-state index is 0.343. The molecule has 1 aromatic heterocycles. The van der Waals surface area contributed by atoms with Crippen molar-refractivity contribution in [1.82, 2.24) is 15.0 Å². The topological polar surface area (TPSA) is 68.9 Å². The maximum atomic E-state index is 9.01. The molecule has 0 aliphatic carbocycles. The van der Waals surface area contributed by atoms with E-state index in [2.05, 4.69) is 21.5 Å². The number of aromatic nitrogens is 3. The Morgan fingerprint density at radius 3 is 2.47 bits per heavy atom. The molecule has 0 atom stereocenters. The second-order valence-electron chi connectivity index (χ2n) is 3.32. The van der Waals surface area contributed by atoms with Gasteiger partial charge in [-0.25, -0.2) is 4.90 Å². The highest BCUT2D eigenvalue weighted by atomic mass is 32.2. The summed E-state index contributed by atoms with van der Waals surface area (Å²) in [5.41, 5.74) is 0. The molecule has 0 bridgehead atoms. The van der Waals surface area contributed by atoms with Crippen molar-refractivity contribution >= 4 is 23.7 Å². The van der Waals surface area contributed by atoms with E-state index in [4.69, 9.17) is 5.26 Å². The minimum atomic E-state index is 0.343. The van der Waals surface area contributed by atoms with E-state index in [1.165, 1.54) is 16.7 Å². The number of hydrogen-bond acceptors (Lipinski definition) is 7. The SMILES string of the molecule is C=CCN(C#N)c1nc(SC)nc(N(C)C)n1. The Bertz CT molecular complexity index is 439. The van der Waals surface area contributed by atoms with Crippen molar-refractivity contribution in [2.24, 2.45) is 0 Å². The molecule has 0 unspecified atom stereocenters. The van der Waals surface area contributed by atoms with Crippen LogP contribution in [0.25, 0.3) is 0 Å².